The van der Waals surface area contributed by atoms with Crippen molar-refractivity contribution in [2.24, 2.45) is 23.7 Å². The van der Waals surface area contributed by atoms with E-state index in [-0.39, 0.29) is 5.41 Å². The molecule has 0 atom stereocenters. The van der Waals surface area contributed by atoms with Gasteiger partial charge in [0.2, 0.25) is 0 Å². The lowest BCUT2D eigenvalue weighted by Gasteiger charge is -2.61. The largest absolute Gasteiger partial charge is 0.310 e. The highest BCUT2D eigenvalue weighted by atomic mass is 32.1. The highest BCUT2D eigenvalue weighted by Crippen LogP contribution is 2.70. The van der Waals surface area contributed by atoms with Crippen molar-refractivity contribution in [3.63, 3.8) is 0 Å². The van der Waals surface area contributed by atoms with Crippen LogP contribution in [0, 0.1) is 23.7 Å². The Balaban J connectivity index is 1.03. The molecule has 5 aliphatic rings. The predicted molar refractivity (Wildman–Crippen MR) is 228 cm³/mol. The van der Waals surface area contributed by atoms with Crippen LogP contribution in [0.3, 0.4) is 0 Å². The zero-order valence-electron chi connectivity index (χ0n) is 30.3. The quantitative estimate of drug-likeness (QED) is 0.172. The summed E-state index contributed by atoms with van der Waals surface area (Å²) >= 11 is 1.90. The molecule has 0 unspecified atom stereocenters. The van der Waals surface area contributed by atoms with Crippen LogP contribution in [0.25, 0.3) is 53.6 Å². The molecule has 0 N–H and O–H groups in total. The van der Waals surface area contributed by atoms with Crippen molar-refractivity contribution in [1.82, 2.24) is 0 Å². The van der Waals surface area contributed by atoms with Crippen molar-refractivity contribution in [2.75, 3.05) is 4.90 Å². The van der Waals surface area contributed by atoms with Gasteiger partial charge in [0, 0.05) is 42.5 Å². The molecule has 0 radical (unpaired) electrons. The van der Waals surface area contributed by atoms with Crippen LogP contribution in [0.15, 0.2) is 164 Å². The molecule has 0 amide bonds. The average molecular weight is 712 g/mol. The van der Waals surface area contributed by atoms with Gasteiger partial charge in [0.1, 0.15) is 0 Å². The average Bonchev–Trinajstić information content (AvgIpc) is 3.74. The second-order valence-electron chi connectivity index (χ2n) is 16.5. The monoisotopic (exact) mass is 711 g/mol. The lowest BCUT2D eigenvalue weighted by Crippen LogP contribution is -2.55. The summed E-state index contributed by atoms with van der Waals surface area (Å²) in [5.41, 5.74) is 14.9. The first-order valence-corrected chi connectivity index (χ1v) is 20.7. The Hall–Kier alpha value is -5.44. The van der Waals surface area contributed by atoms with Gasteiger partial charge in [-0.05, 0) is 131 Å². The molecule has 1 nitrogen and oxygen atoms in total. The maximum atomic E-state index is 2.57. The third-order valence-electron chi connectivity index (χ3n) is 13.9. The van der Waals surface area contributed by atoms with Gasteiger partial charge in [-0.2, -0.15) is 0 Å². The molecule has 4 fully saturated rings. The maximum Gasteiger partial charge on any atom is 0.0543 e. The lowest BCUT2D eigenvalue weighted by molar-refractivity contribution is -0.0399. The van der Waals surface area contributed by atoms with Crippen LogP contribution in [0.2, 0.25) is 0 Å². The lowest BCUT2D eigenvalue weighted by atomic mass is 9.43. The summed E-state index contributed by atoms with van der Waals surface area (Å²) in [6.07, 6.45) is 7.05. The molecular formula is C52H41NS. The van der Waals surface area contributed by atoms with Crippen molar-refractivity contribution in [1.29, 1.82) is 0 Å². The van der Waals surface area contributed by atoms with Gasteiger partial charge in [-0.25, -0.2) is 0 Å². The van der Waals surface area contributed by atoms with Gasteiger partial charge in [-0.15, -0.1) is 11.3 Å². The summed E-state index contributed by atoms with van der Waals surface area (Å²) in [7, 11) is 0. The van der Waals surface area contributed by atoms with Crippen LogP contribution >= 0.6 is 11.3 Å². The second-order valence-corrected chi connectivity index (χ2v) is 17.6. The van der Waals surface area contributed by atoms with Gasteiger partial charge in [-0.3, -0.25) is 0 Å². The fourth-order valence-electron chi connectivity index (χ4n) is 11.9. The maximum absolute atomic E-state index is 2.57. The van der Waals surface area contributed by atoms with E-state index in [1.807, 2.05) is 11.3 Å². The van der Waals surface area contributed by atoms with Crippen LogP contribution in [0.5, 0.6) is 0 Å². The Morgan fingerprint density at radius 1 is 0.444 bits per heavy atom. The Bertz CT molecular complexity index is 2690. The van der Waals surface area contributed by atoms with E-state index in [1.54, 1.807) is 11.1 Å². The third kappa shape index (κ3) is 4.44. The first-order valence-electron chi connectivity index (χ1n) is 19.9. The highest BCUT2D eigenvalue weighted by Gasteiger charge is 2.61. The van der Waals surface area contributed by atoms with E-state index in [0.717, 1.165) is 23.7 Å². The molecule has 0 aliphatic heterocycles. The topological polar surface area (TPSA) is 3.24 Å². The zero-order valence-corrected chi connectivity index (χ0v) is 31.1. The SMILES string of the molecule is c1ccc(-c2ccc(-c3ccc(N(c4ccc5c(c4)sc4ccccc45)c4cccc5c4-c4ccccc4C54C5CC6CC(C5)CC4C6)cc3)cc2)cc1. The summed E-state index contributed by atoms with van der Waals surface area (Å²) in [6, 6.07) is 61.8. The highest BCUT2D eigenvalue weighted by molar-refractivity contribution is 7.25. The van der Waals surface area contributed by atoms with Crippen LogP contribution in [-0.4, -0.2) is 0 Å². The molecule has 4 bridgehead atoms. The van der Waals surface area contributed by atoms with Gasteiger partial charge in [0.05, 0.1) is 5.69 Å². The standard InChI is InChI=1S/C52H41NS/c1-2-9-35(10-3-1)36-17-19-37(20-18-36)38-21-23-41(24-22-38)53(42-25-26-44-43-11-5-7-16-49(43)54-50(44)32-42)48-15-8-14-47-51(48)45-12-4-6-13-46(45)52(47)39-28-33-27-34(30-39)31-40(52)29-33/h1-26,32-34,39-40H,27-31H2. The molecule has 13 rings (SSSR count). The minimum atomic E-state index is 0.131. The molecule has 0 saturated heterocycles. The molecule has 260 valence electrons. The van der Waals surface area contributed by atoms with Crippen LogP contribution in [0.4, 0.5) is 17.1 Å². The third-order valence-corrected chi connectivity index (χ3v) is 15.0. The molecule has 1 heterocycles. The summed E-state index contributed by atoms with van der Waals surface area (Å²) < 4.78 is 2.68. The van der Waals surface area contributed by atoms with Gasteiger partial charge in [0.25, 0.3) is 0 Å². The zero-order chi connectivity index (χ0) is 35.4. The molecule has 8 aromatic rings. The van der Waals surface area contributed by atoms with Crippen molar-refractivity contribution >= 4 is 48.6 Å². The molecule has 4 saturated carbocycles. The number of thiophene rings is 1. The van der Waals surface area contributed by atoms with E-state index in [2.05, 4.69) is 169 Å². The number of hydrogen-bond acceptors (Lipinski definition) is 2. The normalized spacial score (nSPS) is 23.3. The fraction of sp³-hybridized carbons (Fsp3) is 0.192. The molecule has 7 aromatic carbocycles. The molecule has 2 heteroatoms. The molecular weight excluding hydrogens is 671 g/mol. The minimum Gasteiger partial charge on any atom is -0.310 e. The van der Waals surface area contributed by atoms with E-state index in [1.165, 1.54) is 103 Å². The Kier molecular flexibility index (Phi) is 6.75. The summed E-state index contributed by atoms with van der Waals surface area (Å²) in [6.45, 7) is 0. The van der Waals surface area contributed by atoms with Crippen molar-refractivity contribution in [3.05, 3.63) is 175 Å². The van der Waals surface area contributed by atoms with Gasteiger partial charge in [0.15, 0.2) is 0 Å². The summed E-state index contributed by atoms with van der Waals surface area (Å²) in [5.74, 6) is 3.33. The fourth-order valence-corrected chi connectivity index (χ4v) is 13.1. The van der Waals surface area contributed by atoms with E-state index < -0.39 is 0 Å². The van der Waals surface area contributed by atoms with Gasteiger partial charge >= 0.3 is 0 Å². The number of hydrogen-bond donors (Lipinski definition) is 0. The van der Waals surface area contributed by atoms with Gasteiger partial charge in [-0.1, -0.05) is 127 Å². The smallest absolute Gasteiger partial charge is 0.0543 e. The van der Waals surface area contributed by atoms with Crippen molar-refractivity contribution in [2.45, 2.75) is 37.5 Å². The number of benzene rings is 7. The van der Waals surface area contributed by atoms with Gasteiger partial charge < -0.3 is 4.90 Å². The first kappa shape index (κ1) is 31.0. The second kappa shape index (κ2) is 11.8. The first-order chi connectivity index (χ1) is 26.7. The summed E-state index contributed by atoms with van der Waals surface area (Å²) in [4.78, 5) is 2.57. The van der Waals surface area contributed by atoms with E-state index in [9.17, 15) is 0 Å². The van der Waals surface area contributed by atoms with Crippen LogP contribution < -0.4 is 4.90 Å². The Morgan fingerprint density at radius 3 is 1.76 bits per heavy atom. The van der Waals surface area contributed by atoms with Crippen LogP contribution in [0.1, 0.15) is 43.2 Å². The van der Waals surface area contributed by atoms with Crippen LogP contribution in [-0.2, 0) is 5.41 Å². The van der Waals surface area contributed by atoms with E-state index in [0.29, 0.717) is 0 Å². The number of nitrogens with zero attached hydrogens (tertiary/aromatic N) is 1. The predicted octanol–water partition coefficient (Wildman–Crippen LogP) is 14.6. The van der Waals surface area contributed by atoms with E-state index in [4.69, 9.17) is 0 Å². The molecule has 1 spiro atoms. The molecule has 5 aliphatic carbocycles. The summed E-state index contributed by atoms with van der Waals surface area (Å²) in [5, 5.41) is 2.68. The number of rotatable bonds is 5. The number of anilines is 3. The molecule has 1 aromatic heterocycles. The molecule has 54 heavy (non-hydrogen) atoms. The van der Waals surface area contributed by atoms with E-state index >= 15 is 0 Å². The van der Waals surface area contributed by atoms with Crippen molar-refractivity contribution in [3.8, 4) is 33.4 Å². The Labute approximate surface area is 321 Å². The van der Waals surface area contributed by atoms with Crippen molar-refractivity contribution < 1.29 is 0 Å². The minimum absolute atomic E-state index is 0.131. The number of fused-ring (bicyclic) bond motifs is 6. The Morgan fingerprint density at radius 2 is 1.02 bits per heavy atom.